The van der Waals surface area contributed by atoms with Crippen molar-refractivity contribution in [1.82, 2.24) is 10.1 Å². The van der Waals surface area contributed by atoms with Crippen LogP contribution in [0.25, 0.3) is 0 Å². The summed E-state index contributed by atoms with van der Waals surface area (Å²) in [7, 11) is 0. The van der Waals surface area contributed by atoms with Crippen LogP contribution in [0.2, 0.25) is 0 Å². The van der Waals surface area contributed by atoms with Crippen LogP contribution in [0.5, 0.6) is 5.75 Å². The van der Waals surface area contributed by atoms with Gasteiger partial charge in [-0.2, -0.15) is 4.98 Å². The van der Waals surface area contributed by atoms with Gasteiger partial charge in [0.15, 0.2) is 6.61 Å². The maximum absolute atomic E-state index is 9.21. The van der Waals surface area contributed by atoms with Gasteiger partial charge in [0.05, 0.1) is 6.61 Å². The Labute approximate surface area is 99.0 Å². The van der Waals surface area contributed by atoms with Gasteiger partial charge in [-0.1, -0.05) is 22.9 Å². The van der Waals surface area contributed by atoms with Crippen LogP contribution in [0, 0.1) is 13.8 Å². The first-order valence-electron chi connectivity index (χ1n) is 5.31. The second-order valence-electron chi connectivity index (χ2n) is 3.79. The molecule has 0 spiro atoms. The number of benzene rings is 1. The highest BCUT2D eigenvalue weighted by atomic mass is 16.5. The van der Waals surface area contributed by atoms with Gasteiger partial charge in [0.1, 0.15) is 5.75 Å². The summed E-state index contributed by atoms with van der Waals surface area (Å²) < 4.78 is 10.4. The summed E-state index contributed by atoms with van der Waals surface area (Å²) in [5.41, 5.74) is 1.84. The van der Waals surface area contributed by atoms with Crippen LogP contribution in [-0.2, 0) is 13.2 Å². The quantitative estimate of drug-likeness (QED) is 0.872. The molecular formula is C12H14N2O3. The van der Waals surface area contributed by atoms with Crippen molar-refractivity contribution in [1.29, 1.82) is 0 Å². The maximum Gasteiger partial charge on any atom is 0.223 e. The van der Waals surface area contributed by atoms with Crippen molar-refractivity contribution < 1.29 is 14.4 Å². The van der Waals surface area contributed by atoms with Crippen LogP contribution in [0.3, 0.4) is 0 Å². The second kappa shape index (κ2) is 4.97. The molecule has 0 unspecified atom stereocenters. The summed E-state index contributed by atoms with van der Waals surface area (Å²) in [5.74, 6) is 1.64. The zero-order valence-electron chi connectivity index (χ0n) is 9.80. The zero-order chi connectivity index (χ0) is 12.3. The molecule has 2 aromatic rings. The number of rotatable bonds is 4. The van der Waals surface area contributed by atoms with E-state index in [0.29, 0.717) is 17.5 Å². The SMILES string of the molecule is Cc1ccc(OCc2noc(C)n2)c(CO)c1. The Morgan fingerprint density at radius 2 is 2.18 bits per heavy atom. The van der Waals surface area contributed by atoms with Crippen molar-refractivity contribution >= 4 is 0 Å². The van der Waals surface area contributed by atoms with Crippen LogP contribution < -0.4 is 4.74 Å². The van der Waals surface area contributed by atoms with Gasteiger partial charge >= 0.3 is 0 Å². The number of hydrogen-bond donors (Lipinski definition) is 1. The molecule has 0 aliphatic heterocycles. The Kier molecular flexibility index (Phi) is 3.39. The van der Waals surface area contributed by atoms with E-state index >= 15 is 0 Å². The summed E-state index contributed by atoms with van der Waals surface area (Å²) in [6.45, 7) is 3.86. The highest BCUT2D eigenvalue weighted by Gasteiger charge is 2.06. The standard InChI is InChI=1S/C12H14N2O3/c1-8-3-4-11(10(5-8)6-15)16-7-12-13-9(2)17-14-12/h3-5,15H,6-7H2,1-2H3. The van der Waals surface area contributed by atoms with Gasteiger partial charge in [-0.3, -0.25) is 0 Å². The van der Waals surface area contributed by atoms with Gasteiger partial charge in [0, 0.05) is 12.5 Å². The Morgan fingerprint density at radius 3 is 2.82 bits per heavy atom. The third-order valence-corrected chi connectivity index (χ3v) is 2.31. The van der Waals surface area contributed by atoms with Crippen molar-refractivity contribution in [3.05, 3.63) is 41.0 Å². The van der Waals surface area contributed by atoms with Gasteiger partial charge in [-0.05, 0) is 13.0 Å². The summed E-state index contributed by atoms with van der Waals surface area (Å²) >= 11 is 0. The van der Waals surface area contributed by atoms with Crippen LogP contribution in [-0.4, -0.2) is 15.2 Å². The molecule has 5 heteroatoms. The number of aryl methyl sites for hydroxylation is 2. The molecule has 0 bridgehead atoms. The van der Waals surface area contributed by atoms with E-state index < -0.39 is 0 Å². The molecule has 5 nitrogen and oxygen atoms in total. The summed E-state index contributed by atoms with van der Waals surface area (Å²) in [6, 6.07) is 5.64. The second-order valence-corrected chi connectivity index (χ2v) is 3.79. The lowest BCUT2D eigenvalue weighted by Gasteiger charge is -2.08. The van der Waals surface area contributed by atoms with Gasteiger partial charge in [-0.25, -0.2) is 0 Å². The number of hydrogen-bond acceptors (Lipinski definition) is 5. The molecule has 90 valence electrons. The molecule has 1 N–H and O–H groups in total. The third-order valence-electron chi connectivity index (χ3n) is 2.31. The summed E-state index contributed by atoms with van der Waals surface area (Å²) in [6.07, 6.45) is 0. The van der Waals surface area contributed by atoms with E-state index in [4.69, 9.17) is 9.26 Å². The molecule has 17 heavy (non-hydrogen) atoms. The first-order chi connectivity index (χ1) is 8.19. The average molecular weight is 234 g/mol. The fourth-order valence-corrected chi connectivity index (χ4v) is 1.51. The van der Waals surface area contributed by atoms with E-state index in [1.165, 1.54) is 0 Å². The van der Waals surface area contributed by atoms with Crippen LogP contribution >= 0.6 is 0 Å². The lowest BCUT2D eigenvalue weighted by Crippen LogP contribution is -2.00. The lowest BCUT2D eigenvalue weighted by molar-refractivity contribution is 0.253. The topological polar surface area (TPSA) is 68.4 Å². The number of nitrogens with zero attached hydrogens (tertiary/aromatic N) is 2. The number of ether oxygens (including phenoxy) is 1. The van der Waals surface area contributed by atoms with E-state index in [1.807, 2.05) is 25.1 Å². The molecule has 0 fully saturated rings. The summed E-state index contributed by atoms with van der Waals surface area (Å²) in [5, 5.41) is 12.9. The number of aliphatic hydroxyl groups is 1. The Bertz CT molecular complexity index is 508. The Hall–Kier alpha value is -1.88. The largest absolute Gasteiger partial charge is 0.485 e. The molecule has 1 aromatic heterocycles. The van der Waals surface area contributed by atoms with Crippen molar-refractivity contribution in [2.24, 2.45) is 0 Å². The molecule has 0 atom stereocenters. The van der Waals surface area contributed by atoms with Gasteiger partial charge in [-0.15, -0.1) is 0 Å². The van der Waals surface area contributed by atoms with Crippen LogP contribution in [0.15, 0.2) is 22.7 Å². The van der Waals surface area contributed by atoms with E-state index in [9.17, 15) is 5.11 Å². The predicted molar refractivity (Wildman–Crippen MR) is 60.5 cm³/mol. The minimum atomic E-state index is -0.0533. The first kappa shape index (κ1) is 11.6. The molecule has 0 amide bonds. The molecule has 0 saturated heterocycles. The van der Waals surface area contributed by atoms with Crippen molar-refractivity contribution in [2.45, 2.75) is 27.1 Å². The molecule has 1 heterocycles. The van der Waals surface area contributed by atoms with Crippen molar-refractivity contribution in [3.8, 4) is 5.75 Å². The fraction of sp³-hybridized carbons (Fsp3) is 0.333. The van der Waals surface area contributed by atoms with Crippen LogP contribution in [0.1, 0.15) is 22.8 Å². The fourth-order valence-electron chi connectivity index (χ4n) is 1.51. The molecular weight excluding hydrogens is 220 g/mol. The van der Waals surface area contributed by atoms with E-state index in [0.717, 1.165) is 11.1 Å². The van der Waals surface area contributed by atoms with Gasteiger partial charge in [0.2, 0.25) is 11.7 Å². The molecule has 2 rings (SSSR count). The Morgan fingerprint density at radius 1 is 1.35 bits per heavy atom. The minimum absolute atomic E-state index is 0.0533. The zero-order valence-corrected chi connectivity index (χ0v) is 9.80. The van der Waals surface area contributed by atoms with Gasteiger partial charge < -0.3 is 14.4 Å². The number of aromatic nitrogens is 2. The molecule has 0 aliphatic rings. The highest BCUT2D eigenvalue weighted by molar-refractivity contribution is 5.36. The molecule has 1 aromatic carbocycles. The molecule has 0 radical (unpaired) electrons. The maximum atomic E-state index is 9.21. The average Bonchev–Trinajstić information content (AvgIpc) is 2.73. The van der Waals surface area contributed by atoms with E-state index in [2.05, 4.69) is 10.1 Å². The normalized spacial score (nSPS) is 10.5. The van der Waals surface area contributed by atoms with Gasteiger partial charge in [0.25, 0.3) is 0 Å². The first-order valence-corrected chi connectivity index (χ1v) is 5.31. The highest BCUT2D eigenvalue weighted by Crippen LogP contribution is 2.20. The van der Waals surface area contributed by atoms with E-state index in [1.54, 1.807) is 6.92 Å². The molecule has 0 saturated carbocycles. The number of aliphatic hydroxyl groups excluding tert-OH is 1. The van der Waals surface area contributed by atoms with Crippen molar-refractivity contribution in [3.63, 3.8) is 0 Å². The van der Waals surface area contributed by atoms with Crippen LogP contribution in [0.4, 0.5) is 0 Å². The minimum Gasteiger partial charge on any atom is -0.485 e. The lowest BCUT2D eigenvalue weighted by atomic mass is 10.1. The predicted octanol–water partition coefficient (Wildman–Crippen LogP) is 1.76. The molecule has 0 aliphatic carbocycles. The Balaban J connectivity index is 2.08. The van der Waals surface area contributed by atoms with Crippen molar-refractivity contribution in [2.75, 3.05) is 0 Å². The summed E-state index contributed by atoms with van der Waals surface area (Å²) in [4.78, 5) is 4.03. The third kappa shape index (κ3) is 2.82. The monoisotopic (exact) mass is 234 g/mol. The van der Waals surface area contributed by atoms with E-state index in [-0.39, 0.29) is 13.2 Å². The smallest absolute Gasteiger partial charge is 0.223 e.